The molecule has 0 aromatic rings. The van der Waals surface area contributed by atoms with Crippen LogP contribution >= 0.6 is 0 Å². The van der Waals surface area contributed by atoms with Crippen molar-refractivity contribution < 1.29 is 14.6 Å². The van der Waals surface area contributed by atoms with Crippen LogP contribution < -0.4 is 0 Å². The number of carbonyl (C=O) groups is 1. The third-order valence-corrected chi connectivity index (χ3v) is 2.43. The molecule has 0 spiro atoms. The van der Waals surface area contributed by atoms with Gasteiger partial charge in [0.2, 0.25) is 0 Å². The third kappa shape index (κ3) is 2.36. The van der Waals surface area contributed by atoms with Crippen LogP contribution in [0.3, 0.4) is 0 Å². The van der Waals surface area contributed by atoms with Gasteiger partial charge in [-0.3, -0.25) is 0 Å². The molecule has 0 bridgehead atoms. The molecule has 0 aromatic heterocycles. The highest BCUT2D eigenvalue weighted by Crippen LogP contribution is 2.29. The average molecular weight is 194 g/mol. The molecule has 2 unspecified atom stereocenters. The van der Waals surface area contributed by atoms with E-state index in [0.29, 0.717) is 6.42 Å². The summed E-state index contributed by atoms with van der Waals surface area (Å²) in [6, 6.07) is 0. The number of terminal acetylenes is 1. The maximum atomic E-state index is 11.0. The van der Waals surface area contributed by atoms with E-state index in [1.165, 1.54) is 13.2 Å². The first-order valence-electron chi connectivity index (χ1n) is 4.61. The summed E-state index contributed by atoms with van der Waals surface area (Å²) in [5.74, 6) is 1.77. The minimum absolute atomic E-state index is 0.331. The molecule has 76 valence electrons. The molecular weight excluding hydrogens is 180 g/mol. The SMILES string of the molecule is C#CC1/C(=C\C(=O)OC)CCCC1O. The highest BCUT2D eigenvalue weighted by atomic mass is 16.5. The second-order valence-electron chi connectivity index (χ2n) is 3.35. The predicted molar refractivity (Wildman–Crippen MR) is 52.3 cm³/mol. The van der Waals surface area contributed by atoms with Crippen molar-refractivity contribution in [1.82, 2.24) is 0 Å². The molecule has 0 radical (unpaired) electrons. The summed E-state index contributed by atoms with van der Waals surface area (Å²) in [6.07, 6.45) is 8.50. The van der Waals surface area contributed by atoms with Gasteiger partial charge >= 0.3 is 5.97 Å². The first-order chi connectivity index (χ1) is 6.69. The zero-order valence-corrected chi connectivity index (χ0v) is 8.19. The maximum Gasteiger partial charge on any atom is 0.330 e. The maximum absolute atomic E-state index is 11.0. The Labute approximate surface area is 83.8 Å². The van der Waals surface area contributed by atoms with Crippen molar-refractivity contribution in [2.75, 3.05) is 7.11 Å². The molecule has 2 atom stereocenters. The summed E-state index contributed by atoms with van der Waals surface area (Å²) < 4.78 is 4.52. The molecular formula is C11H14O3. The van der Waals surface area contributed by atoms with E-state index in [1.54, 1.807) is 0 Å². The van der Waals surface area contributed by atoms with Crippen molar-refractivity contribution in [3.05, 3.63) is 11.6 Å². The number of aliphatic hydroxyl groups is 1. The van der Waals surface area contributed by atoms with Crippen molar-refractivity contribution in [3.8, 4) is 12.3 Å². The quantitative estimate of drug-likeness (QED) is 0.383. The van der Waals surface area contributed by atoms with Gasteiger partial charge in [-0.15, -0.1) is 6.42 Å². The summed E-state index contributed by atoms with van der Waals surface area (Å²) in [7, 11) is 1.32. The van der Waals surface area contributed by atoms with Gasteiger partial charge in [-0.05, 0) is 24.8 Å². The Morgan fingerprint density at radius 2 is 2.50 bits per heavy atom. The van der Waals surface area contributed by atoms with Gasteiger partial charge in [-0.25, -0.2) is 4.79 Å². The van der Waals surface area contributed by atoms with E-state index in [1.807, 2.05) is 0 Å². The van der Waals surface area contributed by atoms with Gasteiger partial charge < -0.3 is 9.84 Å². The lowest BCUT2D eigenvalue weighted by Gasteiger charge is -2.26. The molecule has 1 aliphatic carbocycles. The number of esters is 1. The smallest absolute Gasteiger partial charge is 0.330 e. The van der Waals surface area contributed by atoms with E-state index in [-0.39, 0.29) is 5.92 Å². The molecule has 0 heterocycles. The standard InChI is InChI=1S/C11H14O3/c1-3-9-8(7-11(13)14-2)5-4-6-10(9)12/h1,7,9-10,12H,4-6H2,2H3/b8-7-. The van der Waals surface area contributed by atoms with E-state index in [0.717, 1.165) is 18.4 Å². The lowest BCUT2D eigenvalue weighted by atomic mass is 9.82. The van der Waals surface area contributed by atoms with E-state index < -0.39 is 12.1 Å². The molecule has 0 saturated heterocycles. The Hall–Kier alpha value is -1.27. The first-order valence-corrected chi connectivity index (χ1v) is 4.61. The Morgan fingerprint density at radius 3 is 3.07 bits per heavy atom. The molecule has 0 aromatic carbocycles. The second kappa shape index (κ2) is 4.83. The molecule has 3 heteroatoms. The van der Waals surface area contributed by atoms with Crippen LogP contribution in [-0.4, -0.2) is 24.3 Å². The van der Waals surface area contributed by atoms with Gasteiger partial charge in [0.15, 0.2) is 0 Å². The Kier molecular flexibility index (Phi) is 3.73. The second-order valence-corrected chi connectivity index (χ2v) is 3.35. The summed E-state index contributed by atoms with van der Waals surface area (Å²) in [5.41, 5.74) is 0.804. The predicted octanol–water partition coefficient (Wildman–Crippen LogP) is 0.880. The summed E-state index contributed by atoms with van der Waals surface area (Å²) in [5, 5.41) is 9.59. The topological polar surface area (TPSA) is 46.5 Å². The van der Waals surface area contributed by atoms with Crippen molar-refractivity contribution >= 4 is 5.97 Å². The van der Waals surface area contributed by atoms with Crippen LogP contribution in [0, 0.1) is 18.3 Å². The first kappa shape index (κ1) is 10.8. The van der Waals surface area contributed by atoms with Crippen LogP contribution in [0.5, 0.6) is 0 Å². The monoisotopic (exact) mass is 194 g/mol. The molecule has 1 saturated carbocycles. The number of carbonyl (C=O) groups excluding carboxylic acids is 1. The van der Waals surface area contributed by atoms with Gasteiger partial charge in [-0.1, -0.05) is 5.92 Å². The minimum atomic E-state index is -0.523. The van der Waals surface area contributed by atoms with Crippen LogP contribution in [0.2, 0.25) is 0 Å². The van der Waals surface area contributed by atoms with Crippen molar-refractivity contribution in [2.24, 2.45) is 5.92 Å². The number of rotatable bonds is 1. The van der Waals surface area contributed by atoms with Crippen LogP contribution in [0.15, 0.2) is 11.6 Å². The molecule has 1 N–H and O–H groups in total. The summed E-state index contributed by atoms with van der Waals surface area (Å²) >= 11 is 0. The Balaban J connectivity index is 2.80. The highest BCUT2D eigenvalue weighted by Gasteiger charge is 2.26. The van der Waals surface area contributed by atoms with Crippen LogP contribution in [0.25, 0.3) is 0 Å². The number of ether oxygens (including phenoxy) is 1. The largest absolute Gasteiger partial charge is 0.466 e. The van der Waals surface area contributed by atoms with Gasteiger partial charge in [0.05, 0.1) is 19.1 Å². The van der Waals surface area contributed by atoms with Gasteiger partial charge in [0.1, 0.15) is 0 Å². The van der Waals surface area contributed by atoms with E-state index in [2.05, 4.69) is 10.7 Å². The van der Waals surface area contributed by atoms with Gasteiger partial charge in [-0.2, -0.15) is 0 Å². The number of hydrogen-bond donors (Lipinski definition) is 1. The van der Waals surface area contributed by atoms with Crippen LogP contribution in [-0.2, 0) is 9.53 Å². The van der Waals surface area contributed by atoms with Gasteiger partial charge in [0, 0.05) is 6.08 Å². The highest BCUT2D eigenvalue weighted by molar-refractivity contribution is 5.82. The van der Waals surface area contributed by atoms with Gasteiger partial charge in [0.25, 0.3) is 0 Å². The molecule has 1 fully saturated rings. The normalized spacial score (nSPS) is 29.6. The number of hydrogen-bond acceptors (Lipinski definition) is 3. The Morgan fingerprint density at radius 1 is 1.79 bits per heavy atom. The zero-order valence-electron chi connectivity index (χ0n) is 8.19. The van der Waals surface area contributed by atoms with Crippen molar-refractivity contribution in [1.29, 1.82) is 0 Å². The summed E-state index contributed by atoms with van der Waals surface area (Å²) in [6.45, 7) is 0. The molecule has 0 amide bonds. The minimum Gasteiger partial charge on any atom is -0.466 e. The number of aliphatic hydroxyl groups excluding tert-OH is 1. The number of methoxy groups -OCH3 is 1. The molecule has 1 rings (SSSR count). The molecule has 0 aliphatic heterocycles. The fourth-order valence-corrected chi connectivity index (χ4v) is 1.67. The van der Waals surface area contributed by atoms with Crippen molar-refractivity contribution in [2.45, 2.75) is 25.4 Å². The lowest BCUT2D eigenvalue weighted by Crippen LogP contribution is -2.25. The fraction of sp³-hybridized carbons (Fsp3) is 0.545. The zero-order chi connectivity index (χ0) is 10.6. The fourth-order valence-electron chi connectivity index (χ4n) is 1.67. The average Bonchev–Trinajstić information content (AvgIpc) is 2.18. The molecule has 3 nitrogen and oxygen atoms in total. The Bertz CT molecular complexity index is 285. The van der Waals surface area contributed by atoms with Crippen LogP contribution in [0.1, 0.15) is 19.3 Å². The lowest BCUT2D eigenvalue weighted by molar-refractivity contribution is -0.134. The third-order valence-electron chi connectivity index (χ3n) is 2.43. The summed E-state index contributed by atoms with van der Waals surface area (Å²) in [4.78, 5) is 11.0. The molecule has 1 aliphatic rings. The molecule has 14 heavy (non-hydrogen) atoms. The van der Waals surface area contributed by atoms with E-state index >= 15 is 0 Å². The van der Waals surface area contributed by atoms with Crippen molar-refractivity contribution in [3.63, 3.8) is 0 Å². The van der Waals surface area contributed by atoms with Crippen LogP contribution in [0.4, 0.5) is 0 Å². The van der Waals surface area contributed by atoms with E-state index in [4.69, 9.17) is 6.42 Å². The van der Waals surface area contributed by atoms with E-state index in [9.17, 15) is 9.90 Å².